The van der Waals surface area contributed by atoms with Gasteiger partial charge in [0.2, 0.25) is 0 Å². The fourth-order valence-electron chi connectivity index (χ4n) is 4.27. The van der Waals surface area contributed by atoms with Gasteiger partial charge in [0.1, 0.15) is 9.81 Å². The normalized spacial score (nSPS) is 20.5. The maximum Gasteiger partial charge on any atom is 0.354 e. The number of nitrogens with one attached hydrogen (secondary N) is 1. The lowest BCUT2D eigenvalue weighted by Gasteiger charge is -2.20. The van der Waals surface area contributed by atoms with Crippen LogP contribution in [0.2, 0.25) is 0 Å². The number of hydrogen-bond acceptors (Lipinski definition) is 6. The lowest BCUT2D eigenvalue weighted by atomic mass is 9.90. The number of carbonyl (C=O) groups excluding carboxylic acids is 1. The number of fused-ring (bicyclic) bond motifs is 2. The summed E-state index contributed by atoms with van der Waals surface area (Å²) in [5, 5.41) is 29.8. The van der Waals surface area contributed by atoms with Crippen LogP contribution < -0.4 is 10.5 Å². The van der Waals surface area contributed by atoms with E-state index < -0.39 is 28.2 Å². The lowest BCUT2D eigenvalue weighted by Crippen LogP contribution is -2.25. The number of urea groups is 1. The zero-order valence-electron chi connectivity index (χ0n) is 17.9. The molecule has 10 heteroatoms. The molecule has 2 atom stereocenters. The molecule has 4 rings (SSSR count). The van der Waals surface area contributed by atoms with Crippen LogP contribution in [-0.4, -0.2) is 32.0 Å². The van der Waals surface area contributed by atoms with E-state index in [0.29, 0.717) is 5.56 Å². The van der Waals surface area contributed by atoms with Crippen molar-refractivity contribution in [2.24, 2.45) is 9.50 Å². The van der Waals surface area contributed by atoms with Crippen molar-refractivity contribution in [1.82, 2.24) is 4.98 Å². The van der Waals surface area contributed by atoms with Crippen molar-refractivity contribution >= 4 is 33.0 Å². The first-order chi connectivity index (χ1) is 14.4. The Hall–Kier alpha value is -1.85. The largest absolute Gasteiger partial charge is 0.393 e. The average Bonchev–Trinajstić information content (AvgIpc) is 3.41. The number of nitrogens with two attached hydrogens (primary N) is 1. The number of thiophene rings is 1. The number of aryl methyl sites for hydroxylation is 1. The number of aromatic nitrogens is 1. The number of hydrogen-bond donors (Lipinski definition) is 4. The van der Waals surface area contributed by atoms with Crippen molar-refractivity contribution in [3.05, 3.63) is 39.5 Å². The van der Waals surface area contributed by atoms with Crippen LogP contribution in [0.3, 0.4) is 0 Å². The molecule has 2 aromatic rings. The number of nitrogens with zero attached hydrogens (tertiary/aromatic N) is 2. The summed E-state index contributed by atoms with van der Waals surface area (Å²) in [5.41, 5.74) is 3.70. The minimum atomic E-state index is -3.51. The Labute approximate surface area is 186 Å². The second kappa shape index (κ2) is 7.63. The Kier molecular flexibility index (Phi) is 5.50. The predicted molar refractivity (Wildman–Crippen MR) is 121 cm³/mol. The van der Waals surface area contributed by atoms with Gasteiger partial charge in [-0.25, -0.2) is 14.1 Å². The van der Waals surface area contributed by atoms with E-state index in [1.165, 1.54) is 13.0 Å². The zero-order valence-corrected chi connectivity index (χ0v) is 19.5. The molecule has 2 amide bonds. The van der Waals surface area contributed by atoms with E-state index in [2.05, 4.69) is 23.5 Å². The predicted octanol–water partition coefficient (Wildman–Crippen LogP) is 2.99. The van der Waals surface area contributed by atoms with Crippen molar-refractivity contribution in [2.75, 3.05) is 11.9 Å². The Morgan fingerprint density at radius 3 is 2.84 bits per heavy atom. The summed E-state index contributed by atoms with van der Waals surface area (Å²) in [7, 11) is -3.51. The van der Waals surface area contributed by atoms with E-state index >= 15 is 0 Å². The summed E-state index contributed by atoms with van der Waals surface area (Å²) in [5.74, 6) is 0. The maximum absolute atomic E-state index is 13.0. The summed E-state index contributed by atoms with van der Waals surface area (Å²) < 4.78 is 16.9. The molecule has 0 bridgehead atoms. The summed E-state index contributed by atoms with van der Waals surface area (Å²) in [6.07, 6.45) is 4.49. The molecule has 5 N–H and O–H groups in total. The van der Waals surface area contributed by atoms with Crippen LogP contribution in [0.15, 0.2) is 20.0 Å². The monoisotopic (exact) mass is 464 g/mol. The highest BCUT2D eigenvalue weighted by Gasteiger charge is 2.36. The van der Waals surface area contributed by atoms with Crippen molar-refractivity contribution in [3.8, 4) is 0 Å². The van der Waals surface area contributed by atoms with Gasteiger partial charge in [-0.2, -0.15) is 0 Å². The van der Waals surface area contributed by atoms with Crippen molar-refractivity contribution in [3.63, 3.8) is 0 Å². The molecule has 0 fully saturated rings. The third-order valence-electron chi connectivity index (χ3n) is 6.21. The third kappa shape index (κ3) is 4.03. The van der Waals surface area contributed by atoms with Crippen molar-refractivity contribution in [2.45, 2.75) is 68.1 Å². The second-order valence-corrected chi connectivity index (χ2v) is 12.1. The van der Waals surface area contributed by atoms with Crippen LogP contribution >= 0.6 is 11.3 Å². The molecule has 0 radical (unpaired) electrons. The lowest BCUT2D eigenvalue weighted by molar-refractivity contribution is -0.00203. The number of aliphatic hydroxyl groups excluding tert-OH is 1. The standard InChI is InChI=1S/C21H28N4O4S2/c1-20(2)8-7-14-17(13-5-4-6-15(13)23-18(14)20)24-19(27)25-31(22,29)16-9-12(10-30-16)21(3,28)11-26/h9-10,26,28H,4-8,11H2,1-3H3,(H3,22,23,24,25,27,29)/t21-,31?/m1/s1. The van der Waals surface area contributed by atoms with Gasteiger partial charge in [-0.3, -0.25) is 4.98 Å². The molecule has 168 valence electrons. The molecule has 2 heterocycles. The minimum Gasteiger partial charge on any atom is -0.393 e. The van der Waals surface area contributed by atoms with Gasteiger partial charge in [-0.05, 0) is 67.2 Å². The quantitative estimate of drug-likeness (QED) is 0.551. The molecule has 1 unspecified atom stereocenters. The summed E-state index contributed by atoms with van der Waals surface area (Å²) in [6.45, 7) is 5.26. The molecule has 2 aliphatic carbocycles. The molecular formula is C21H28N4O4S2. The highest BCUT2D eigenvalue weighted by atomic mass is 32.2. The molecule has 2 aliphatic rings. The van der Waals surface area contributed by atoms with E-state index in [4.69, 9.17) is 10.1 Å². The Balaban J connectivity index is 1.67. The van der Waals surface area contributed by atoms with Crippen LogP contribution in [0.1, 0.15) is 61.7 Å². The van der Waals surface area contributed by atoms with Crippen LogP contribution in [0.25, 0.3) is 0 Å². The van der Waals surface area contributed by atoms with Gasteiger partial charge in [-0.15, -0.1) is 15.7 Å². The third-order valence-corrected chi connectivity index (χ3v) is 9.07. The van der Waals surface area contributed by atoms with Gasteiger partial charge in [0.15, 0.2) is 9.92 Å². The number of carbonyl (C=O) groups is 1. The van der Waals surface area contributed by atoms with E-state index in [-0.39, 0.29) is 9.62 Å². The van der Waals surface area contributed by atoms with Crippen molar-refractivity contribution in [1.29, 1.82) is 0 Å². The molecule has 31 heavy (non-hydrogen) atoms. The summed E-state index contributed by atoms with van der Waals surface area (Å²) in [6, 6.07) is 0.660. The smallest absolute Gasteiger partial charge is 0.354 e. The van der Waals surface area contributed by atoms with Crippen molar-refractivity contribution < 1.29 is 19.2 Å². The fourth-order valence-corrected chi connectivity index (χ4v) is 6.52. The Morgan fingerprint density at radius 1 is 1.39 bits per heavy atom. The molecule has 0 aromatic carbocycles. The first-order valence-electron chi connectivity index (χ1n) is 10.3. The van der Waals surface area contributed by atoms with Gasteiger partial charge in [0.05, 0.1) is 18.0 Å². The average molecular weight is 465 g/mol. The molecule has 0 saturated heterocycles. The SMILES string of the molecule is CC1(C)CCc2c1nc1c(c2NC(=O)N=S(N)(=O)c2cc([C@](C)(O)CO)cs2)CCC1. The first-order valence-corrected chi connectivity index (χ1v) is 12.7. The highest BCUT2D eigenvalue weighted by molar-refractivity contribution is 7.93. The number of pyridine rings is 1. The van der Waals surface area contributed by atoms with E-state index in [9.17, 15) is 19.2 Å². The first kappa shape index (κ1) is 22.3. The second-order valence-electron chi connectivity index (χ2n) is 9.15. The van der Waals surface area contributed by atoms with E-state index in [0.717, 1.165) is 71.6 Å². The molecule has 0 spiro atoms. The van der Waals surface area contributed by atoms with E-state index in [1.807, 2.05) is 0 Å². The van der Waals surface area contributed by atoms with Crippen LogP contribution in [0, 0.1) is 0 Å². The molecule has 2 aromatic heterocycles. The number of rotatable bonds is 4. The summed E-state index contributed by atoms with van der Waals surface area (Å²) >= 11 is 1.03. The highest BCUT2D eigenvalue weighted by Crippen LogP contribution is 2.44. The molecule has 0 aliphatic heterocycles. The van der Waals surface area contributed by atoms with Gasteiger partial charge >= 0.3 is 6.03 Å². The number of aliphatic hydroxyl groups is 2. The molecule has 8 nitrogen and oxygen atoms in total. The molecular weight excluding hydrogens is 436 g/mol. The van der Waals surface area contributed by atoms with Crippen LogP contribution in [-0.2, 0) is 40.2 Å². The number of amides is 2. The topological polar surface area (TPSA) is 138 Å². The summed E-state index contributed by atoms with van der Waals surface area (Å²) in [4.78, 5) is 17.7. The van der Waals surface area contributed by atoms with Gasteiger partial charge < -0.3 is 15.5 Å². The van der Waals surface area contributed by atoms with Gasteiger partial charge in [-0.1, -0.05) is 13.8 Å². The Morgan fingerprint density at radius 2 is 2.13 bits per heavy atom. The van der Waals surface area contributed by atoms with Gasteiger partial charge in [0, 0.05) is 11.1 Å². The van der Waals surface area contributed by atoms with Gasteiger partial charge in [0.25, 0.3) is 0 Å². The fraction of sp³-hybridized carbons (Fsp3) is 0.524. The van der Waals surface area contributed by atoms with Crippen LogP contribution in [0.4, 0.5) is 10.5 Å². The maximum atomic E-state index is 13.0. The zero-order chi connectivity index (χ0) is 22.6. The van der Waals surface area contributed by atoms with Crippen LogP contribution in [0.5, 0.6) is 0 Å². The molecule has 0 saturated carbocycles. The Bertz CT molecular complexity index is 1180. The minimum absolute atomic E-state index is 0.0536. The van der Waals surface area contributed by atoms with E-state index in [1.54, 1.807) is 5.38 Å². The number of anilines is 1.